The lowest BCUT2D eigenvalue weighted by Gasteiger charge is -2.02. The summed E-state index contributed by atoms with van der Waals surface area (Å²) in [7, 11) is 0. The van der Waals surface area contributed by atoms with Gasteiger partial charge < -0.3 is 0 Å². The highest BCUT2D eigenvalue weighted by Crippen LogP contribution is 2.21. The summed E-state index contributed by atoms with van der Waals surface area (Å²) < 4.78 is 2.94. The lowest BCUT2D eigenvalue weighted by atomic mass is 10.2. The van der Waals surface area contributed by atoms with E-state index in [9.17, 15) is 0 Å². The molecule has 3 rings (SSSR count). The largest absolute Gasteiger partial charge is 0.250 e. The molecule has 7 heteroatoms. The van der Waals surface area contributed by atoms with E-state index < -0.39 is 0 Å². The molecule has 4 nitrogen and oxygen atoms in total. The van der Waals surface area contributed by atoms with Crippen molar-refractivity contribution in [1.29, 1.82) is 0 Å². The molecular weight excluding hydrogens is 384 g/mol. The number of H-pyrrole nitrogens is 1. The minimum atomic E-state index is 0.415. The minimum Gasteiger partial charge on any atom is -0.250 e. The number of hydrogen-bond donors (Lipinski definition) is 1. The number of hydrogen-bond acceptors (Lipinski definition) is 3. The zero-order valence-corrected chi connectivity index (χ0v) is 14.4. The summed E-state index contributed by atoms with van der Waals surface area (Å²) in [4.78, 5) is 0. The molecule has 2 aromatic carbocycles. The van der Waals surface area contributed by atoms with Gasteiger partial charge in [0.05, 0.1) is 6.21 Å². The van der Waals surface area contributed by atoms with E-state index in [0.717, 1.165) is 15.6 Å². The summed E-state index contributed by atoms with van der Waals surface area (Å²) >= 11 is 14.8. The SMILES string of the molecule is S=c1[nH]nc(-c2cccc(Cl)c2)n1N=Cc1ccccc1Br. The Bertz CT molecular complexity index is 900. The maximum absolute atomic E-state index is 6.03. The van der Waals surface area contributed by atoms with Crippen LogP contribution in [0.1, 0.15) is 5.56 Å². The molecular formula is C15H10BrClN4S. The average molecular weight is 394 g/mol. The molecule has 0 saturated carbocycles. The fraction of sp³-hybridized carbons (Fsp3) is 0. The maximum Gasteiger partial charge on any atom is 0.216 e. The van der Waals surface area contributed by atoms with Crippen LogP contribution in [0.2, 0.25) is 5.02 Å². The first-order valence-electron chi connectivity index (χ1n) is 6.37. The number of aromatic amines is 1. The highest BCUT2D eigenvalue weighted by atomic mass is 79.9. The Morgan fingerprint density at radius 3 is 2.82 bits per heavy atom. The summed E-state index contributed by atoms with van der Waals surface area (Å²) in [6.45, 7) is 0. The van der Waals surface area contributed by atoms with Crippen molar-refractivity contribution < 1.29 is 0 Å². The Labute approximate surface area is 145 Å². The molecule has 0 amide bonds. The number of halogens is 2. The normalized spacial score (nSPS) is 11.2. The fourth-order valence-corrected chi connectivity index (χ4v) is 2.67. The molecule has 0 atom stereocenters. The van der Waals surface area contributed by atoms with Crippen LogP contribution in [0.4, 0.5) is 0 Å². The van der Waals surface area contributed by atoms with Gasteiger partial charge in [-0.1, -0.05) is 57.9 Å². The molecule has 1 N–H and O–H groups in total. The van der Waals surface area contributed by atoms with E-state index in [1.807, 2.05) is 42.5 Å². The third-order valence-electron chi connectivity index (χ3n) is 2.95. The molecule has 1 heterocycles. The number of benzene rings is 2. The second-order valence-corrected chi connectivity index (χ2v) is 6.12. The van der Waals surface area contributed by atoms with Crippen LogP contribution in [0.25, 0.3) is 11.4 Å². The van der Waals surface area contributed by atoms with Crippen LogP contribution in [0.5, 0.6) is 0 Å². The van der Waals surface area contributed by atoms with Crippen molar-refractivity contribution in [2.75, 3.05) is 0 Å². The Hall–Kier alpha value is -1.76. The van der Waals surface area contributed by atoms with Gasteiger partial charge in [-0.05, 0) is 30.4 Å². The van der Waals surface area contributed by atoms with Crippen molar-refractivity contribution >= 4 is 46.0 Å². The lowest BCUT2D eigenvalue weighted by molar-refractivity contribution is 0.871. The van der Waals surface area contributed by atoms with Gasteiger partial charge in [0.25, 0.3) is 0 Å². The molecule has 0 bridgehead atoms. The molecule has 0 fully saturated rings. The van der Waals surface area contributed by atoms with Gasteiger partial charge in [0, 0.05) is 20.6 Å². The highest BCUT2D eigenvalue weighted by molar-refractivity contribution is 9.10. The molecule has 0 radical (unpaired) electrons. The third kappa shape index (κ3) is 3.19. The second kappa shape index (κ2) is 6.56. The van der Waals surface area contributed by atoms with Gasteiger partial charge in [-0.2, -0.15) is 14.9 Å². The van der Waals surface area contributed by atoms with E-state index in [1.54, 1.807) is 17.0 Å². The summed E-state index contributed by atoms with van der Waals surface area (Å²) in [5.41, 5.74) is 1.78. The zero-order chi connectivity index (χ0) is 15.5. The first kappa shape index (κ1) is 15.1. The van der Waals surface area contributed by atoms with Crippen molar-refractivity contribution in [3.05, 3.63) is 68.4 Å². The lowest BCUT2D eigenvalue weighted by Crippen LogP contribution is -1.95. The third-order valence-corrected chi connectivity index (χ3v) is 4.17. The van der Waals surface area contributed by atoms with Gasteiger partial charge >= 0.3 is 0 Å². The molecule has 0 spiro atoms. The molecule has 3 aromatic rings. The van der Waals surface area contributed by atoms with Gasteiger partial charge in [-0.15, -0.1) is 0 Å². The van der Waals surface area contributed by atoms with E-state index in [1.165, 1.54) is 0 Å². The van der Waals surface area contributed by atoms with Crippen LogP contribution in [0.15, 0.2) is 58.1 Å². The van der Waals surface area contributed by atoms with E-state index >= 15 is 0 Å². The van der Waals surface area contributed by atoms with Crippen LogP contribution in [-0.2, 0) is 0 Å². The number of rotatable bonds is 3. The molecule has 110 valence electrons. The van der Waals surface area contributed by atoms with Crippen molar-refractivity contribution in [3.8, 4) is 11.4 Å². The highest BCUT2D eigenvalue weighted by Gasteiger charge is 2.08. The van der Waals surface area contributed by atoms with Crippen LogP contribution < -0.4 is 0 Å². The maximum atomic E-state index is 6.03. The molecule has 0 aliphatic heterocycles. The van der Waals surface area contributed by atoms with Crippen molar-refractivity contribution in [2.45, 2.75) is 0 Å². The molecule has 0 saturated heterocycles. The Balaban J connectivity index is 2.04. The molecule has 1 aromatic heterocycles. The van der Waals surface area contributed by atoms with E-state index in [0.29, 0.717) is 15.6 Å². The van der Waals surface area contributed by atoms with Crippen LogP contribution in [0.3, 0.4) is 0 Å². The molecule has 22 heavy (non-hydrogen) atoms. The standard InChI is InChI=1S/C15H10BrClN4S/c16-13-7-2-1-4-11(13)9-18-21-14(19-20-15(21)22)10-5-3-6-12(17)8-10/h1-9H,(H,20,22). The summed E-state index contributed by atoms with van der Waals surface area (Å²) in [5, 5.41) is 12.0. The fourth-order valence-electron chi connectivity index (χ4n) is 1.91. The van der Waals surface area contributed by atoms with Crippen LogP contribution in [0, 0.1) is 4.77 Å². The predicted molar refractivity (Wildman–Crippen MR) is 95.0 cm³/mol. The molecule has 0 unspecified atom stereocenters. The molecule has 0 aliphatic rings. The number of nitrogens with one attached hydrogen (secondary N) is 1. The number of nitrogens with zero attached hydrogens (tertiary/aromatic N) is 3. The van der Waals surface area contributed by atoms with E-state index in [2.05, 4.69) is 31.2 Å². The summed E-state index contributed by atoms with van der Waals surface area (Å²) in [5.74, 6) is 0.607. The van der Waals surface area contributed by atoms with Gasteiger partial charge in [0.1, 0.15) is 0 Å². The van der Waals surface area contributed by atoms with Gasteiger partial charge in [0.15, 0.2) is 5.82 Å². The quantitative estimate of drug-likeness (QED) is 0.508. The average Bonchev–Trinajstić information content (AvgIpc) is 2.87. The zero-order valence-electron chi connectivity index (χ0n) is 11.2. The topological polar surface area (TPSA) is 46.0 Å². The minimum absolute atomic E-state index is 0.415. The van der Waals surface area contributed by atoms with Gasteiger partial charge in [-0.3, -0.25) is 0 Å². The van der Waals surface area contributed by atoms with Crippen molar-refractivity contribution in [3.63, 3.8) is 0 Å². The Morgan fingerprint density at radius 1 is 1.23 bits per heavy atom. The Morgan fingerprint density at radius 2 is 2.05 bits per heavy atom. The first-order valence-corrected chi connectivity index (χ1v) is 7.95. The van der Waals surface area contributed by atoms with E-state index in [-0.39, 0.29) is 0 Å². The van der Waals surface area contributed by atoms with Gasteiger partial charge in [0.2, 0.25) is 4.77 Å². The van der Waals surface area contributed by atoms with Crippen LogP contribution in [-0.4, -0.2) is 21.1 Å². The monoisotopic (exact) mass is 392 g/mol. The smallest absolute Gasteiger partial charge is 0.216 e. The van der Waals surface area contributed by atoms with E-state index in [4.69, 9.17) is 23.8 Å². The summed E-state index contributed by atoms with van der Waals surface area (Å²) in [6.07, 6.45) is 1.73. The van der Waals surface area contributed by atoms with Gasteiger partial charge in [-0.25, -0.2) is 5.10 Å². The van der Waals surface area contributed by atoms with Crippen molar-refractivity contribution in [1.82, 2.24) is 14.9 Å². The predicted octanol–water partition coefficient (Wildman–Crippen LogP) is 4.91. The van der Waals surface area contributed by atoms with Crippen LogP contribution >= 0.6 is 39.7 Å². The van der Waals surface area contributed by atoms with Crippen molar-refractivity contribution in [2.24, 2.45) is 5.10 Å². The number of aromatic nitrogens is 3. The second-order valence-electron chi connectivity index (χ2n) is 4.44. The summed E-state index contributed by atoms with van der Waals surface area (Å²) in [6, 6.07) is 15.2. The first-order chi connectivity index (χ1) is 10.6. The molecule has 0 aliphatic carbocycles. The Kier molecular flexibility index (Phi) is 4.52.